The Morgan fingerprint density at radius 3 is 2.48 bits per heavy atom. The zero-order valence-corrected chi connectivity index (χ0v) is 15.5. The van der Waals surface area contributed by atoms with Crippen LogP contribution in [0.2, 0.25) is 0 Å². The van der Waals surface area contributed by atoms with Crippen molar-refractivity contribution >= 4 is 11.8 Å². The number of halogens is 1. The number of rotatable bonds is 5. The standard InChI is InChI=1S/C21H17FN4S/c1-15-3-2-4-16(13-15)14-27-21-25-24-20(17-9-11-23-12-10-17)26(21)19-7-5-18(22)6-8-19/h2-13H,14H2,1H3. The fourth-order valence-corrected chi connectivity index (χ4v) is 3.72. The molecule has 0 radical (unpaired) electrons. The van der Waals surface area contributed by atoms with Crippen molar-refractivity contribution in [2.45, 2.75) is 17.8 Å². The highest BCUT2D eigenvalue weighted by atomic mass is 32.2. The summed E-state index contributed by atoms with van der Waals surface area (Å²) in [6.45, 7) is 2.08. The first-order valence-electron chi connectivity index (χ1n) is 8.51. The van der Waals surface area contributed by atoms with E-state index in [2.05, 4.69) is 46.4 Å². The zero-order valence-electron chi connectivity index (χ0n) is 14.7. The Hall–Kier alpha value is -2.99. The molecule has 0 N–H and O–H groups in total. The lowest BCUT2D eigenvalue weighted by atomic mass is 10.2. The predicted octanol–water partition coefficient (Wildman–Crippen LogP) is 5.07. The highest BCUT2D eigenvalue weighted by molar-refractivity contribution is 7.98. The molecule has 6 heteroatoms. The van der Waals surface area contributed by atoms with Gasteiger partial charge >= 0.3 is 0 Å². The quantitative estimate of drug-likeness (QED) is 0.456. The topological polar surface area (TPSA) is 43.6 Å². The summed E-state index contributed by atoms with van der Waals surface area (Å²) in [5, 5.41) is 9.54. The maximum Gasteiger partial charge on any atom is 0.196 e. The van der Waals surface area contributed by atoms with Crippen LogP contribution in [0, 0.1) is 12.7 Å². The Kier molecular flexibility index (Phi) is 4.98. The Morgan fingerprint density at radius 1 is 0.963 bits per heavy atom. The van der Waals surface area contributed by atoms with Crippen LogP contribution >= 0.6 is 11.8 Å². The third-order valence-corrected chi connectivity index (χ3v) is 5.11. The Balaban J connectivity index is 1.73. The largest absolute Gasteiger partial charge is 0.270 e. The van der Waals surface area contributed by atoms with E-state index in [0.717, 1.165) is 22.2 Å². The third kappa shape index (κ3) is 3.90. The molecule has 0 saturated heterocycles. The van der Waals surface area contributed by atoms with Crippen LogP contribution in [0.25, 0.3) is 17.1 Å². The SMILES string of the molecule is Cc1cccc(CSc2nnc(-c3ccncc3)n2-c2ccc(F)cc2)c1. The average molecular weight is 376 g/mol. The number of thioether (sulfide) groups is 1. The first kappa shape index (κ1) is 17.4. The molecule has 0 spiro atoms. The molecule has 0 aliphatic carbocycles. The maximum atomic E-state index is 13.4. The van der Waals surface area contributed by atoms with Crippen molar-refractivity contribution in [1.82, 2.24) is 19.7 Å². The molecule has 4 nitrogen and oxygen atoms in total. The molecule has 0 saturated carbocycles. The van der Waals surface area contributed by atoms with Crippen molar-refractivity contribution in [3.05, 3.63) is 90.0 Å². The first-order chi connectivity index (χ1) is 13.2. The van der Waals surface area contributed by atoms with E-state index in [1.165, 1.54) is 23.3 Å². The van der Waals surface area contributed by atoms with Crippen molar-refractivity contribution in [3.63, 3.8) is 0 Å². The van der Waals surface area contributed by atoms with Crippen LogP contribution in [0.4, 0.5) is 4.39 Å². The van der Waals surface area contributed by atoms with E-state index in [9.17, 15) is 4.39 Å². The minimum absolute atomic E-state index is 0.272. The van der Waals surface area contributed by atoms with Gasteiger partial charge in [0, 0.05) is 29.4 Å². The van der Waals surface area contributed by atoms with Crippen LogP contribution in [0.1, 0.15) is 11.1 Å². The van der Waals surface area contributed by atoms with Gasteiger partial charge in [0.05, 0.1) is 0 Å². The van der Waals surface area contributed by atoms with Gasteiger partial charge in [0.2, 0.25) is 0 Å². The maximum absolute atomic E-state index is 13.4. The highest BCUT2D eigenvalue weighted by Gasteiger charge is 2.16. The van der Waals surface area contributed by atoms with Gasteiger partial charge in [0.1, 0.15) is 5.82 Å². The lowest BCUT2D eigenvalue weighted by molar-refractivity contribution is 0.627. The Bertz CT molecular complexity index is 1050. The molecule has 134 valence electrons. The molecule has 27 heavy (non-hydrogen) atoms. The summed E-state index contributed by atoms with van der Waals surface area (Å²) in [7, 11) is 0. The summed E-state index contributed by atoms with van der Waals surface area (Å²) in [5.74, 6) is 1.21. The lowest BCUT2D eigenvalue weighted by Crippen LogP contribution is -2.00. The molecule has 0 aliphatic rings. The summed E-state index contributed by atoms with van der Waals surface area (Å²) in [5.41, 5.74) is 4.17. The molecule has 0 amide bonds. The van der Waals surface area contributed by atoms with Crippen molar-refractivity contribution in [1.29, 1.82) is 0 Å². The number of hydrogen-bond donors (Lipinski definition) is 0. The van der Waals surface area contributed by atoms with Crippen LogP contribution in [0.3, 0.4) is 0 Å². The second kappa shape index (κ2) is 7.72. The Labute approximate surface area is 161 Å². The van der Waals surface area contributed by atoms with Crippen molar-refractivity contribution in [2.24, 2.45) is 0 Å². The molecule has 0 fully saturated rings. The molecule has 2 aromatic carbocycles. The minimum Gasteiger partial charge on any atom is -0.270 e. The zero-order chi connectivity index (χ0) is 18.6. The monoisotopic (exact) mass is 376 g/mol. The molecule has 0 bridgehead atoms. The van der Waals surface area contributed by atoms with Crippen molar-refractivity contribution in [2.75, 3.05) is 0 Å². The van der Waals surface area contributed by atoms with E-state index < -0.39 is 0 Å². The van der Waals surface area contributed by atoms with Gasteiger partial charge in [0.15, 0.2) is 11.0 Å². The number of aromatic nitrogens is 4. The Morgan fingerprint density at radius 2 is 1.74 bits per heavy atom. The van der Waals surface area contributed by atoms with Gasteiger partial charge in [-0.1, -0.05) is 41.6 Å². The van der Waals surface area contributed by atoms with E-state index >= 15 is 0 Å². The molecule has 2 heterocycles. The number of benzene rings is 2. The molecule has 0 unspecified atom stereocenters. The van der Waals surface area contributed by atoms with Gasteiger partial charge in [-0.2, -0.15) is 0 Å². The molecular weight excluding hydrogens is 359 g/mol. The van der Waals surface area contributed by atoms with E-state index in [0.29, 0.717) is 5.82 Å². The second-order valence-electron chi connectivity index (χ2n) is 6.13. The second-order valence-corrected chi connectivity index (χ2v) is 7.07. The summed E-state index contributed by atoms with van der Waals surface area (Å²) in [4.78, 5) is 4.06. The summed E-state index contributed by atoms with van der Waals surface area (Å²) in [6.07, 6.45) is 3.44. The minimum atomic E-state index is -0.272. The van der Waals surface area contributed by atoms with Crippen LogP contribution in [0.15, 0.2) is 78.2 Å². The summed E-state index contributed by atoms with van der Waals surface area (Å²) < 4.78 is 15.4. The van der Waals surface area contributed by atoms with Crippen molar-refractivity contribution < 1.29 is 4.39 Å². The van der Waals surface area contributed by atoms with Crippen LogP contribution in [-0.4, -0.2) is 19.7 Å². The average Bonchev–Trinajstić information content (AvgIpc) is 3.12. The van der Waals surface area contributed by atoms with Gasteiger partial charge < -0.3 is 0 Å². The van der Waals surface area contributed by atoms with E-state index in [-0.39, 0.29) is 5.82 Å². The first-order valence-corrected chi connectivity index (χ1v) is 9.49. The molecule has 4 rings (SSSR count). The molecule has 4 aromatic rings. The van der Waals surface area contributed by atoms with E-state index in [1.54, 1.807) is 36.3 Å². The van der Waals surface area contributed by atoms with Gasteiger partial charge in [-0.15, -0.1) is 10.2 Å². The number of aryl methyl sites for hydroxylation is 1. The number of nitrogens with zero attached hydrogens (tertiary/aromatic N) is 4. The lowest BCUT2D eigenvalue weighted by Gasteiger charge is -2.10. The number of hydrogen-bond acceptors (Lipinski definition) is 4. The molecular formula is C21H17FN4S. The predicted molar refractivity (Wildman–Crippen MR) is 105 cm³/mol. The number of pyridine rings is 1. The van der Waals surface area contributed by atoms with Crippen LogP contribution in [0.5, 0.6) is 0 Å². The van der Waals surface area contributed by atoms with Gasteiger partial charge in [-0.25, -0.2) is 4.39 Å². The fraction of sp³-hybridized carbons (Fsp3) is 0.0952. The fourth-order valence-electron chi connectivity index (χ4n) is 2.82. The van der Waals surface area contributed by atoms with Crippen LogP contribution < -0.4 is 0 Å². The van der Waals surface area contributed by atoms with Crippen LogP contribution in [-0.2, 0) is 5.75 Å². The third-order valence-electron chi connectivity index (χ3n) is 4.11. The van der Waals surface area contributed by atoms with E-state index in [4.69, 9.17) is 0 Å². The molecule has 2 aromatic heterocycles. The summed E-state index contributed by atoms with van der Waals surface area (Å²) >= 11 is 1.60. The molecule has 0 aliphatic heterocycles. The highest BCUT2D eigenvalue weighted by Crippen LogP contribution is 2.29. The smallest absolute Gasteiger partial charge is 0.196 e. The molecule has 0 atom stereocenters. The van der Waals surface area contributed by atoms with E-state index in [1.807, 2.05) is 16.7 Å². The van der Waals surface area contributed by atoms with Crippen molar-refractivity contribution in [3.8, 4) is 17.1 Å². The van der Waals surface area contributed by atoms with Gasteiger partial charge in [-0.3, -0.25) is 9.55 Å². The summed E-state index contributed by atoms with van der Waals surface area (Å²) in [6, 6.07) is 18.5. The van der Waals surface area contributed by atoms with Gasteiger partial charge in [0.25, 0.3) is 0 Å². The normalized spacial score (nSPS) is 10.9. The van der Waals surface area contributed by atoms with Gasteiger partial charge in [-0.05, 0) is 48.9 Å².